The highest BCUT2D eigenvalue weighted by molar-refractivity contribution is 5.98. The van der Waals surface area contributed by atoms with Crippen molar-refractivity contribution in [2.24, 2.45) is 0 Å². The van der Waals surface area contributed by atoms with Crippen LogP contribution in [-0.2, 0) is 9.47 Å². The van der Waals surface area contributed by atoms with E-state index in [0.29, 0.717) is 11.1 Å². The Bertz CT molecular complexity index is 2090. The predicted octanol–water partition coefficient (Wildman–Crippen LogP) is -0.0136. The van der Waals surface area contributed by atoms with Crippen molar-refractivity contribution >= 4 is 11.8 Å². The van der Waals surface area contributed by atoms with Gasteiger partial charge in [-0.25, -0.2) is 18.1 Å². The Hall–Kier alpha value is -5.58. The summed E-state index contributed by atoms with van der Waals surface area (Å²) in [6.45, 7) is -1.35. The molecular weight excluding hydrogens is 766 g/mol. The van der Waals surface area contributed by atoms with Crippen LogP contribution in [0, 0.1) is 11.6 Å². The van der Waals surface area contributed by atoms with Gasteiger partial charge in [0, 0.05) is 36.3 Å². The van der Waals surface area contributed by atoms with Crippen LogP contribution in [0.25, 0.3) is 22.5 Å². The van der Waals surface area contributed by atoms with Gasteiger partial charge in [0.2, 0.25) is 0 Å². The quantitative estimate of drug-likeness (QED) is 0.109. The zero-order valence-electron chi connectivity index (χ0n) is 30.9. The van der Waals surface area contributed by atoms with Crippen LogP contribution in [0.5, 0.6) is 0 Å². The molecule has 58 heavy (non-hydrogen) atoms. The van der Waals surface area contributed by atoms with Crippen LogP contribution in [0.4, 0.5) is 8.78 Å². The van der Waals surface area contributed by atoms with E-state index in [-0.39, 0.29) is 22.5 Å². The van der Waals surface area contributed by atoms with Gasteiger partial charge in [0.15, 0.2) is 12.5 Å². The Morgan fingerprint density at radius 1 is 0.638 bits per heavy atom. The first-order valence-electron chi connectivity index (χ1n) is 18.1. The summed E-state index contributed by atoms with van der Waals surface area (Å²) in [5.74, 6) is -2.34. The topological polar surface area (TPSA) is 242 Å². The second-order valence-corrected chi connectivity index (χ2v) is 14.0. The first-order chi connectivity index (χ1) is 27.8. The largest absolute Gasteiger partial charge is 0.394 e. The van der Waals surface area contributed by atoms with Gasteiger partial charge in [0.1, 0.15) is 71.7 Å². The number of carbonyl (C=O) groups is 2. The number of halogens is 2. The minimum Gasteiger partial charge on any atom is -0.394 e. The Kier molecular flexibility index (Phi) is 11.7. The van der Waals surface area contributed by atoms with Gasteiger partial charge in [-0.1, -0.05) is 34.7 Å². The predicted molar refractivity (Wildman–Crippen MR) is 195 cm³/mol. The van der Waals surface area contributed by atoms with E-state index < -0.39 is 97.8 Å². The molecule has 0 saturated carbocycles. The molecule has 6 N–H and O–H groups in total. The van der Waals surface area contributed by atoms with Gasteiger partial charge in [0.25, 0.3) is 11.8 Å². The van der Waals surface area contributed by atoms with Crippen molar-refractivity contribution in [2.45, 2.75) is 61.2 Å². The van der Waals surface area contributed by atoms with Gasteiger partial charge in [0.05, 0.1) is 25.6 Å². The average molecular weight is 807 g/mol. The third kappa shape index (κ3) is 7.71. The number of rotatable bonds is 10. The van der Waals surface area contributed by atoms with E-state index >= 15 is 0 Å². The molecule has 0 bridgehead atoms. The fraction of sp³-hybridized carbons (Fsp3) is 0.368. The van der Waals surface area contributed by atoms with Gasteiger partial charge in [-0.3, -0.25) is 9.59 Å². The molecule has 20 heteroatoms. The Balaban J connectivity index is 1.06. The number of aliphatic hydroxyl groups is 6. The zero-order valence-corrected chi connectivity index (χ0v) is 30.9. The molecule has 0 aliphatic carbocycles. The average Bonchev–Trinajstić information content (AvgIpc) is 3.92. The minimum absolute atomic E-state index is 0.0626. The lowest BCUT2D eigenvalue weighted by atomic mass is 9.94. The lowest BCUT2D eigenvalue weighted by Crippen LogP contribution is -2.61. The molecule has 0 radical (unpaired) electrons. The summed E-state index contributed by atoms with van der Waals surface area (Å²) in [4.78, 5) is 29.6. The molecule has 2 amide bonds. The molecule has 2 aliphatic heterocycles. The molecule has 10 atom stereocenters. The highest BCUT2D eigenvalue weighted by Gasteiger charge is 2.50. The van der Waals surface area contributed by atoms with Crippen LogP contribution in [-0.4, -0.2) is 159 Å². The van der Waals surface area contributed by atoms with Gasteiger partial charge in [-0.05, 0) is 48.5 Å². The molecule has 7 rings (SSSR count). The van der Waals surface area contributed by atoms with E-state index in [0.717, 1.165) is 19.2 Å². The molecule has 2 aromatic heterocycles. The van der Waals surface area contributed by atoms with E-state index in [1.165, 1.54) is 87.2 Å². The molecule has 306 valence electrons. The second kappa shape index (κ2) is 16.7. The van der Waals surface area contributed by atoms with Gasteiger partial charge in [-0.2, -0.15) is 0 Å². The summed E-state index contributed by atoms with van der Waals surface area (Å²) in [7, 11) is 2.68. The van der Waals surface area contributed by atoms with E-state index in [9.17, 15) is 49.0 Å². The zero-order chi connectivity index (χ0) is 41.4. The molecule has 2 saturated heterocycles. The monoisotopic (exact) mass is 806 g/mol. The van der Waals surface area contributed by atoms with E-state index in [2.05, 4.69) is 20.6 Å². The summed E-state index contributed by atoms with van der Waals surface area (Å²) >= 11 is 0. The van der Waals surface area contributed by atoms with Crippen LogP contribution in [0.1, 0.15) is 32.8 Å². The van der Waals surface area contributed by atoms with Gasteiger partial charge >= 0.3 is 0 Å². The lowest BCUT2D eigenvalue weighted by molar-refractivity contribution is -0.235. The number of carbonyl (C=O) groups excluding carboxylic acids is 2. The fourth-order valence-corrected chi connectivity index (χ4v) is 7.23. The van der Waals surface area contributed by atoms with Crippen LogP contribution in [0.15, 0.2) is 85.2 Å². The van der Waals surface area contributed by atoms with E-state index in [4.69, 9.17) is 9.47 Å². The Morgan fingerprint density at radius 2 is 1.02 bits per heavy atom. The van der Waals surface area contributed by atoms with Crippen LogP contribution in [0.2, 0.25) is 0 Å². The van der Waals surface area contributed by atoms with Crippen molar-refractivity contribution in [1.82, 2.24) is 39.8 Å². The second-order valence-electron chi connectivity index (χ2n) is 14.0. The van der Waals surface area contributed by atoms with Gasteiger partial charge in [-0.15, -0.1) is 10.2 Å². The molecule has 2 fully saturated rings. The van der Waals surface area contributed by atoms with Gasteiger partial charge < -0.3 is 49.9 Å². The number of nitrogens with zero attached hydrogens (tertiary/aromatic N) is 8. The SMILES string of the molecule is CN(C(=O)c1ccc(C(=O)N(C)[C@@H]2OC(CO)[C@H](O)C(n3cc(-c4cccc(F)c4)nn3)C2O)cc1)[C@@H]1OC(CO)[C@H](O)C(n2cc(-c3cccc(F)c3)nn2)C1O. The standard InChI is InChI=1S/C38H40F2N8O10/c1-45(37-33(53)29(31(51)27(17-49)57-37)47-15-25(41-43-47)21-5-3-7-23(39)13-21)35(55)19-9-11-20(12-10-19)36(56)46(2)38-34(54)30(32(52)28(18-50)58-38)48-16-26(42-44-48)22-6-4-8-24(40)14-22/h3-16,27-34,37-38,49-54H,17-18H2,1-2H3/t27?,28?,29?,30?,31-,32-,33?,34?,37+,38+/m0/s1. The van der Waals surface area contributed by atoms with Crippen LogP contribution >= 0.6 is 0 Å². The molecule has 6 unspecified atom stereocenters. The first-order valence-corrected chi connectivity index (χ1v) is 18.1. The Labute approximate surface area is 328 Å². The summed E-state index contributed by atoms with van der Waals surface area (Å²) in [6.07, 6.45) is -8.72. The number of benzene rings is 3. The third-order valence-electron chi connectivity index (χ3n) is 10.4. The number of ether oxygens (including phenoxy) is 2. The molecular formula is C38H40F2N8O10. The lowest BCUT2D eigenvalue weighted by Gasteiger charge is -2.45. The van der Waals surface area contributed by atoms with Crippen molar-refractivity contribution in [3.63, 3.8) is 0 Å². The van der Waals surface area contributed by atoms with Crippen molar-refractivity contribution in [2.75, 3.05) is 27.3 Å². The van der Waals surface area contributed by atoms with Crippen LogP contribution < -0.4 is 0 Å². The summed E-state index contributed by atoms with van der Waals surface area (Å²) in [6, 6.07) is 14.1. The summed E-state index contributed by atoms with van der Waals surface area (Å²) < 4.78 is 41.6. The van der Waals surface area contributed by atoms with Crippen molar-refractivity contribution in [1.29, 1.82) is 0 Å². The maximum Gasteiger partial charge on any atom is 0.255 e. The summed E-state index contributed by atoms with van der Waals surface area (Å²) in [5.41, 5.74) is 1.40. The summed E-state index contributed by atoms with van der Waals surface area (Å²) in [5, 5.41) is 81.1. The highest BCUT2D eigenvalue weighted by atomic mass is 19.1. The van der Waals surface area contributed by atoms with Crippen molar-refractivity contribution in [3.05, 3.63) is 108 Å². The minimum atomic E-state index is -1.60. The maximum atomic E-state index is 13.9. The van der Waals surface area contributed by atoms with E-state index in [1.54, 1.807) is 12.1 Å². The number of aromatic nitrogens is 6. The molecule has 5 aromatic rings. The van der Waals surface area contributed by atoms with Crippen molar-refractivity contribution in [3.8, 4) is 22.5 Å². The number of hydrogen-bond acceptors (Lipinski definition) is 14. The molecule has 0 spiro atoms. The maximum absolute atomic E-state index is 13.9. The first kappa shape index (κ1) is 40.6. The highest BCUT2D eigenvalue weighted by Crippen LogP contribution is 2.34. The van der Waals surface area contributed by atoms with E-state index in [1.807, 2.05) is 0 Å². The Morgan fingerprint density at radius 3 is 1.36 bits per heavy atom. The molecule has 18 nitrogen and oxygen atoms in total. The van der Waals surface area contributed by atoms with Crippen LogP contribution in [0.3, 0.4) is 0 Å². The number of aliphatic hydroxyl groups excluding tert-OH is 6. The fourth-order valence-electron chi connectivity index (χ4n) is 7.23. The molecule has 4 heterocycles. The third-order valence-corrected chi connectivity index (χ3v) is 10.4. The number of amides is 2. The number of likely N-dealkylation sites (N-methyl/N-ethyl adjacent to an activating group) is 2. The van der Waals surface area contributed by atoms with Crippen molar-refractivity contribution < 1.29 is 58.5 Å². The number of hydrogen-bond donors (Lipinski definition) is 6. The molecule has 3 aromatic carbocycles. The smallest absolute Gasteiger partial charge is 0.255 e. The normalized spacial score (nSPS) is 27.3. The molecule has 2 aliphatic rings.